The Morgan fingerprint density at radius 3 is 2.86 bits per heavy atom. The van der Waals surface area contributed by atoms with Crippen LogP contribution >= 0.6 is 0 Å². The van der Waals surface area contributed by atoms with E-state index in [2.05, 4.69) is 31.3 Å². The second kappa shape index (κ2) is 6.45. The summed E-state index contributed by atoms with van der Waals surface area (Å²) >= 11 is 0. The van der Waals surface area contributed by atoms with Crippen molar-refractivity contribution < 1.29 is 4.79 Å². The third kappa shape index (κ3) is 3.43. The summed E-state index contributed by atoms with van der Waals surface area (Å²) < 4.78 is 0. The van der Waals surface area contributed by atoms with Crippen LogP contribution in [0.5, 0.6) is 0 Å². The number of piperidine rings is 1. The second-order valence-corrected chi connectivity index (χ2v) is 5.19. The summed E-state index contributed by atoms with van der Waals surface area (Å²) in [4.78, 5) is 12.0. The van der Waals surface area contributed by atoms with Gasteiger partial charge in [-0.15, -0.1) is 10.2 Å². The highest BCUT2D eigenvalue weighted by molar-refractivity contribution is 5.79. The van der Waals surface area contributed by atoms with Crippen LogP contribution in [0.4, 0.5) is 0 Å². The monoisotopic (exact) mass is 286 g/mol. The molecule has 1 atom stereocenters. The predicted molar refractivity (Wildman–Crippen MR) is 77.1 cm³/mol. The lowest BCUT2D eigenvalue weighted by atomic mass is 9.99. The molecule has 21 heavy (non-hydrogen) atoms. The average molecular weight is 286 g/mol. The summed E-state index contributed by atoms with van der Waals surface area (Å²) in [5.74, 6) is 0.792. The van der Waals surface area contributed by atoms with Crippen molar-refractivity contribution in [3.05, 3.63) is 29.8 Å². The summed E-state index contributed by atoms with van der Waals surface area (Å²) in [6.07, 6.45) is 2.03. The number of H-pyrrole nitrogens is 1. The van der Waals surface area contributed by atoms with Crippen molar-refractivity contribution in [2.24, 2.45) is 5.92 Å². The number of rotatable bonds is 4. The van der Waals surface area contributed by atoms with Crippen molar-refractivity contribution in [2.45, 2.75) is 19.4 Å². The topological polar surface area (TPSA) is 95.6 Å². The summed E-state index contributed by atoms with van der Waals surface area (Å²) in [5.41, 5.74) is 1.95. The van der Waals surface area contributed by atoms with Crippen molar-refractivity contribution in [1.82, 2.24) is 31.3 Å². The molecule has 0 bridgehead atoms. The highest BCUT2D eigenvalue weighted by atomic mass is 16.1. The van der Waals surface area contributed by atoms with Gasteiger partial charge in [0.05, 0.1) is 5.92 Å². The van der Waals surface area contributed by atoms with Gasteiger partial charge in [-0.05, 0) is 30.2 Å². The number of hydrogen-bond donors (Lipinski definition) is 3. The van der Waals surface area contributed by atoms with E-state index in [0.29, 0.717) is 12.4 Å². The van der Waals surface area contributed by atoms with E-state index in [9.17, 15) is 4.79 Å². The van der Waals surface area contributed by atoms with Gasteiger partial charge in [0.25, 0.3) is 0 Å². The third-order valence-electron chi connectivity index (χ3n) is 3.69. The number of aromatic amines is 1. The molecule has 110 valence electrons. The van der Waals surface area contributed by atoms with Crippen LogP contribution < -0.4 is 10.6 Å². The lowest BCUT2D eigenvalue weighted by Crippen LogP contribution is -2.40. The van der Waals surface area contributed by atoms with E-state index in [-0.39, 0.29) is 11.8 Å². The highest BCUT2D eigenvalue weighted by Gasteiger charge is 2.20. The third-order valence-corrected chi connectivity index (χ3v) is 3.69. The number of nitrogens with zero attached hydrogens (tertiary/aromatic N) is 3. The van der Waals surface area contributed by atoms with Crippen LogP contribution in [0.3, 0.4) is 0 Å². The van der Waals surface area contributed by atoms with Crippen LogP contribution in [0, 0.1) is 5.92 Å². The van der Waals surface area contributed by atoms with Gasteiger partial charge in [-0.1, -0.05) is 24.3 Å². The average Bonchev–Trinajstić information content (AvgIpc) is 3.08. The van der Waals surface area contributed by atoms with Gasteiger partial charge >= 0.3 is 0 Å². The molecule has 3 N–H and O–H groups in total. The Hall–Kier alpha value is -2.28. The Morgan fingerprint density at radius 1 is 1.33 bits per heavy atom. The van der Waals surface area contributed by atoms with E-state index >= 15 is 0 Å². The predicted octanol–water partition coefficient (Wildman–Crippen LogP) is 0.482. The molecule has 1 unspecified atom stereocenters. The molecule has 0 aliphatic carbocycles. The molecule has 1 fully saturated rings. The number of benzene rings is 1. The van der Waals surface area contributed by atoms with Crippen molar-refractivity contribution >= 4 is 5.91 Å². The van der Waals surface area contributed by atoms with Gasteiger partial charge in [-0.25, -0.2) is 0 Å². The summed E-state index contributed by atoms with van der Waals surface area (Å²) in [6, 6.07) is 7.78. The van der Waals surface area contributed by atoms with Crippen molar-refractivity contribution in [2.75, 3.05) is 13.1 Å². The summed E-state index contributed by atoms with van der Waals surface area (Å²) in [5, 5.41) is 20.1. The maximum absolute atomic E-state index is 12.0. The van der Waals surface area contributed by atoms with Crippen molar-refractivity contribution in [3.8, 4) is 11.4 Å². The zero-order chi connectivity index (χ0) is 14.5. The van der Waals surface area contributed by atoms with E-state index in [1.807, 2.05) is 24.3 Å². The minimum absolute atomic E-state index is 0.0948. The zero-order valence-electron chi connectivity index (χ0n) is 11.7. The van der Waals surface area contributed by atoms with Crippen LogP contribution in [0.1, 0.15) is 18.4 Å². The van der Waals surface area contributed by atoms with Gasteiger partial charge in [-0.2, -0.15) is 5.21 Å². The SMILES string of the molecule is O=C(NCc1ccc(-c2nn[nH]n2)cc1)C1CCCNC1. The molecule has 1 aromatic carbocycles. The molecule has 3 rings (SSSR count). The molecule has 7 nitrogen and oxygen atoms in total. The molecule has 1 amide bonds. The molecule has 1 aliphatic rings. The van der Waals surface area contributed by atoms with Crippen LogP contribution in [0.25, 0.3) is 11.4 Å². The molecule has 2 heterocycles. The molecular formula is C14H18N6O. The maximum atomic E-state index is 12.0. The normalized spacial score (nSPS) is 18.4. The molecule has 0 saturated carbocycles. The number of tetrazole rings is 1. The van der Waals surface area contributed by atoms with Gasteiger partial charge < -0.3 is 10.6 Å². The lowest BCUT2D eigenvalue weighted by molar-refractivity contribution is -0.125. The molecule has 1 aromatic heterocycles. The van der Waals surface area contributed by atoms with Crippen LogP contribution in [-0.2, 0) is 11.3 Å². The van der Waals surface area contributed by atoms with E-state index < -0.39 is 0 Å². The van der Waals surface area contributed by atoms with Crippen LogP contribution in [-0.4, -0.2) is 39.6 Å². The number of carbonyl (C=O) groups excluding carboxylic acids is 1. The first-order chi connectivity index (χ1) is 10.3. The number of aromatic nitrogens is 4. The fourth-order valence-corrected chi connectivity index (χ4v) is 2.46. The smallest absolute Gasteiger partial charge is 0.224 e. The quantitative estimate of drug-likeness (QED) is 0.760. The number of amides is 1. The first-order valence-corrected chi connectivity index (χ1v) is 7.14. The second-order valence-electron chi connectivity index (χ2n) is 5.19. The zero-order valence-corrected chi connectivity index (χ0v) is 11.7. The fourth-order valence-electron chi connectivity index (χ4n) is 2.46. The minimum atomic E-state index is 0.0948. The summed E-state index contributed by atoms with van der Waals surface area (Å²) in [6.45, 7) is 2.34. The van der Waals surface area contributed by atoms with Crippen LogP contribution in [0.15, 0.2) is 24.3 Å². The maximum Gasteiger partial charge on any atom is 0.224 e. The largest absolute Gasteiger partial charge is 0.352 e. The van der Waals surface area contributed by atoms with Crippen molar-refractivity contribution in [1.29, 1.82) is 0 Å². The number of hydrogen-bond acceptors (Lipinski definition) is 5. The number of carbonyl (C=O) groups is 1. The van der Waals surface area contributed by atoms with Gasteiger partial charge in [0.1, 0.15) is 0 Å². The number of nitrogens with one attached hydrogen (secondary N) is 3. The minimum Gasteiger partial charge on any atom is -0.352 e. The van der Waals surface area contributed by atoms with E-state index in [1.165, 1.54) is 0 Å². The summed E-state index contributed by atoms with van der Waals surface area (Å²) in [7, 11) is 0. The Labute approximate surface area is 122 Å². The van der Waals surface area contributed by atoms with Gasteiger partial charge in [-0.3, -0.25) is 4.79 Å². The Kier molecular flexibility index (Phi) is 4.20. The van der Waals surface area contributed by atoms with E-state index in [4.69, 9.17) is 0 Å². The molecule has 0 radical (unpaired) electrons. The fraction of sp³-hybridized carbons (Fsp3) is 0.429. The Morgan fingerprint density at radius 2 is 2.19 bits per heavy atom. The van der Waals surface area contributed by atoms with E-state index in [1.54, 1.807) is 0 Å². The first kappa shape index (κ1) is 13.7. The molecule has 1 saturated heterocycles. The van der Waals surface area contributed by atoms with Gasteiger partial charge in [0.15, 0.2) is 0 Å². The van der Waals surface area contributed by atoms with Gasteiger partial charge in [0, 0.05) is 18.7 Å². The van der Waals surface area contributed by atoms with Gasteiger partial charge in [0.2, 0.25) is 11.7 Å². The molecule has 2 aromatic rings. The Bertz CT molecular complexity index is 574. The Balaban J connectivity index is 1.54. The lowest BCUT2D eigenvalue weighted by Gasteiger charge is -2.21. The van der Waals surface area contributed by atoms with Crippen molar-refractivity contribution in [3.63, 3.8) is 0 Å². The molecular weight excluding hydrogens is 268 g/mol. The van der Waals surface area contributed by atoms with Crippen LogP contribution in [0.2, 0.25) is 0 Å². The first-order valence-electron chi connectivity index (χ1n) is 7.14. The van der Waals surface area contributed by atoms with E-state index in [0.717, 1.165) is 37.1 Å². The highest BCUT2D eigenvalue weighted by Crippen LogP contribution is 2.14. The molecule has 7 heteroatoms. The molecule has 0 spiro atoms. The molecule has 1 aliphatic heterocycles. The standard InChI is InChI=1S/C14H18N6O/c21-14(12-2-1-7-15-9-12)16-8-10-3-5-11(6-4-10)13-17-19-20-18-13/h3-6,12,15H,1-2,7-9H2,(H,16,21)(H,17,18,19,20).